The molecule has 2 heterocycles. The van der Waals surface area contributed by atoms with Crippen LogP contribution in [0.1, 0.15) is 18.7 Å². The molecule has 1 saturated heterocycles. The molecule has 0 saturated carbocycles. The van der Waals surface area contributed by atoms with Crippen molar-refractivity contribution in [3.05, 3.63) is 28.5 Å². The van der Waals surface area contributed by atoms with Gasteiger partial charge in [0.25, 0.3) is 0 Å². The van der Waals surface area contributed by atoms with E-state index in [2.05, 4.69) is 37.3 Å². The number of para-hydroxylation sites is 1. The second kappa shape index (κ2) is 4.18. The van der Waals surface area contributed by atoms with Gasteiger partial charge in [-0.1, -0.05) is 6.07 Å². The van der Waals surface area contributed by atoms with E-state index in [9.17, 15) is 0 Å². The lowest BCUT2D eigenvalue weighted by molar-refractivity contribution is 0.589. The first-order chi connectivity index (χ1) is 7.83. The number of hydrogen-bond acceptors (Lipinski definition) is 2. The van der Waals surface area contributed by atoms with Crippen LogP contribution >= 0.6 is 15.9 Å². The molecule has 0 bridgehead atoms. The van der Waals surface area contributed by atoms with Crippen LogP contribution in [0, 0.1) is 0 Å². The number of hydrogen-bond donors (Lipinski definition) is 2. The molecule has 3 nitrogen and oxygen atoms in total. The summed E-state index contributed by atoms with van der Waals surface area (Å²) < 4.78 is 1.06. The van der Waals surface area contributed by atoms with Crippen LogP contribution in [0.15, 0.2) is 22.7 Å². The topological polar surface area (TPSA) is 40.7 Å². The van der Waals surface area contributed by atoms with Gasteiger partial charge in [-0.25, -0.2) is 4.98 Å². The Labute approximate surface area is 103 Å². The van der Waals surface area contributed by atoms with Gasteiger partial charge in [0.2, 0.25) is 0 Å². The van der Waals surface area contributed by atoms with Crippen molar-refractivity contribution in [3.8, 4) is 0 Å². The summed E-state index contributed by atoms with van der Waals surface area (Å²) in [6, 6.07) is 6.72. The fourth-order valence-corrected chi connectivity index (χ4v) is 2.76. The number of benzene rings is 1. The van der Waals surface area contributed by atoms with Gasteiger partial charge in [0, 0.05) is 16.9 Å². The van der Waals surface area contributed by atoms with Crippen LogP contribution in [-0.4, -0.2) is 22.6 Å². The summed E-state index contributed by atoms with van der Waals surface area (Å²) in [6.07, 6.45) is 3.55. The van der Waals surface area contributed by atoms with Crippen LogP contribution in [0.3, 0.4) is 0 Å². The van der Waals surface area contributed by atoms with Gasteiger partial charge >= 0.3 is 0 Å². The van der Waals surface area contributed by atoms with Crippen molar-refractivity contribution < 1.29 is 0 Å². The molecule has 16 heavy (non-hydrogen) atoms. The quantitative estimate of drug-likeness (QED) is 0.887. The van der Waals surface area contributed by atoms with Gasteiger partial charge in [0.15, 0.2) is 0 Å². The van der Waals surface area contributed by atoms with E-state index in [1.807, 2.05) is 12.1 Å². The summed E-state index contributed by atoms with van der Waals surface area (Å²) in [5, 5.41) is 3.49. The molecule has 1 aliphatic heterocycles. The minimum atomic E-state index is 0.597. The van der Waals surface area contributed by atoms with E-state index in [0.29, 0.717) is 6.04 Å². The highest BCUT2D eigenvalue weighted by Crippen LogP contribution is 2.22. The molecule has 4 heteroatoms. The van der Waals surface area contributed by atoms with Crippen LogP contribution in [-0.2, 0) is 6.42 Å². The lowest BCUT2D eigenvalue weighted by atomic mass is 10.1. The molecule has 2 aromatic rings. The van der Waals surface area contributed by atoms with Crippen molar-refractivity contribution >= 4 is 27.0 Å². The summed E-state index contributed by atoms with van der Waals surface area (Å²) in [4.78, 5) is 8.02. The fraction of sp³-hybridized carbons (Fsp3) is 0.417. The van der Waals surface area contributed by atoms with Crippen LogP contribution < -0.4 is 5.32 Å². The first-order valence-corrected chi connectivity index (χ1v) is 6.49. The molecule has 84 valence electrons. The van der Waals surface area contributed by atoms with E-state index in [-0.39, 0.29) is 0 Å². The lowest BCUT2D eigenvalue weighted by Gasteiger charge is -2.06. The van der Waals surface area contributed by atoms with E-state index < -0.39 is 0 Å². The minimum Gasteiger partial charge on any atom is -0.342 e. The highest BCUT2D eigenvalue weighted by molar-refractivity contribution is 9.10. The third-order valence-electron chi connectivity index (χ3n) is 3.11. The Hall–Kier alpha value is -0.870. The summed E-state index contributed by atoms with van der Waals surface area (Å²) in [5.41, 5.74) is 2.15. The maximum Gasteiger partial charge on any atom is 0.108 e. The van der Waals surface area contributed by atoms with E-state index in [4.69, 9.17) is 0 Å². The highest BCUT2D eigenvalue weighted by Gasteiger charge is 2.16. The fourth-order valence-electron chi connectivity index (χ4n) is 2.31. The number of aromatic amines is 1. The molecule has 0 aliphatic carbocycles. The van der Waals surface area contributed by atoms with E-state index in [1.165, 1.54) is 12.8 Å². The first-order valence-electron chi connectivity index (χ1n) is 5.69. The average Bonchev–Trinajstić information content (AvgIpc) is 2.88. The van der Waals surface area contributed by atoms with Gasteiger partial charge in [0.1, 0.15) is 11.3 Å². The molecule has 1 unspecified atom stereocenters. The molecule has 1 atom stereocenters. The van der Waals surface area contributed by atoms with Gasteiger partial charge < -0.3 is 10.3 Å². The molecule has 0 radical (unpaired) electrons. The van der Waals surface area contributed by atoms with Crippen molar-refractivity contribution in [2.75, 3.05) is 6.54 Å². The zero-order chi connectivity index (χ0) is 11.0. The number of halogens is 1. The lowest BCUT2D eigenvalue weighted by Crippen LogP contribution is -2.24. The maximum atomic E-state index is 4.63. The van der Waals surface area contributed by atoms with Crippen LogP contribution in [0.25, 0.3) is 11.0 Å². The highest BCUT2D eigenvalue weighted by atomic mass is 79.9. The number of fused-ring (bicyclic) bond motifs is 1. The maximum absolute atomic E-state index is 4.63. The Kier molecular flexibility index (Phi) is 2.69. The Bertz CT molecular complexity index is 500. The molecule has 1 aromatic carbocycles. The van der Waals surface area contributed by atoms with E-state index >= 15 is 0 Å². The van der Waals surface area contributed by atoms with Crippen LogP contribution in [0.5, 0.6) is 0 Å². The van der Waals surface area contributed by atoms with Crippen LogP contribution in [0.4, 0.5) is 0 Å². The van der Waals surface area contributed by atoms with E-state index in [0.717, 1.165) is 34.3 Å². The van der Waals surface area contributed by atoms with Crippen molar-refractivity contribution in [1.82, 2.24) is 15.3 Å². The van der Waals surface area contributed by atoms with Gasteiger partial charge in [-0.2, -0.15) is 0 Å². The minimum absolute atomic E-state index is 0.597. The Morgan fingerprint density at radius 2 is 2.38 bits per heavy atom. The number of rotatable bonds is 2. The molecule has 0 spiro atoms. The second-order valence-corrected chi connectivity index (χ2v) is 5.17. The monoisotopic (exact) mass is 279 g/mol. The zero-order valence-corrected chi connectivity index (χ0v) is 10.5. The van der Waals surface area contributed by atoms with Gasteiger partial charge in [-0.3, -0.25) is 0 Å². The Balaban J connectivity index is 1.90. The number of nitrogens with zero attached hydrogens (tertiary/aromatic N) is 1. The molecule has 1 aliphatic rings. The summed E-state index contributed by atoms with van der Waals surface area (Å²) in [7, 11) is 0. The number of aromatic nitrogens is 2. The number of nitrogens with one attached hydrogen (secondary N) is 2. The summed E-state index contributed by atoms with van der Waals surface area (Å²) in [5.74, 6) is 1.08. The Morgan fingerprint density at radius 3 is 3.12 bits per heavy atom. The first kappa shape index (κ1) is 10.3. The van der Waals surface area contributed by atoms with Crippen molar-refractivity contribution in [2.24, 2.45) is 0 Å². The number of imidazole rings is 1. The molecule has 2 N–H and O–H groups in total. The van der Waals surface area contributed by atoms with E-state index in [1.54, 1.807) is 0 Å². The number of H-pyrrole nitrogens is 1. The Morgan fingerprint density at radius 1 is 1.44 bits per heavy atom. The predicted molar refractivity (Wildman–Crippen MR) is 68.5 cm³/mol. The third kappa shape index (κ3) is 1.87. The summed E-state index contributed by atoms with van der Waals surface area (Å²) >= 11 is 3.52. The second-order valence-electron chi connectivity index (χ2n) is 4.32. The molecule has 3 rings (SSSR count). The smallest absolute Gasteiger partial charge is 0.108 e. The standard InChI is InChI=1S/C12H14BrN3/c13-9-4-1-5-10-12(9)16-11(15-10)7-8-3-2-6-14-8/h1,4-5,8,14H,2-3,6-7H2,(H,15,16). The largest absolute Gasteiger partial charge is 0.342 e. The predicted octanol–water partition coefficient (Wildman–Crippen LogP) is 2.62. The summed E-state index contributed by atoms with van der Waals surface area (Å²) in [6.45, 7) is 1.15. The average molecular weight is 280 g/mol. The molecule has 1 aromatic heterocycles. The van der Waals surface area contributed by atoms with Gasteiger partial charge in [-0.15, -0.1) is 0 Å². The van der Waals surface area contributed by atoms with Crippen molar-refractivity contribution in [2.45, 2.75) is 25.3 Å². The molecular weight excluding hydrogens is 266 g/mol. The molecule has 0 amide bonds. The zero-order valence-electron chi connectivity index (χ0n) is 8.96. The third-order valence-corrected chi connectivity index (χ3v) is 3.75. The van der Waals surface area contributed by atoms with Gasteiger partial charge in [-0.05, 0) is 47.4 Å². The normalized spacial score (nSPS) is 20.7. The van der Waals surface area contributed by atoms with Crippen molar-refractivity contribution in [3.63, 3.8) is 0 Å². The van der Waals surface area contributed by atoms with Crippen LogP contribution in [0.2, 0.25) is 0 Å². The van der Waals surface area contributed by atoms with Gasteiger partial charge in [0.05, 0.1) is 5.52 Å². The molecule has 1 fully saturated rings. The van der Waals surface area contributed by atoms with Crippen molar-refractivity contribution in [1.29, 1.82) is 0 Å². The SMILES string of the molecule is Brc1cccc2[nH]c(CC3CCCN3)nc12. The molecular formula is C12H14BrN3.